The van der Waals surface area contributed by atoms with Crippen molar-refractivity contribution in [2.45, 2.75) is 59.2 Å². The van der Waals surface area contributed by atoms with E-state index in [1.807, 2.05) is 72.8 Å². The lowest BCUT2D eigenvalue weighted by Crippen LogP contribution is -2.45. The van der Waals surface area contributed by atoms with Crippen LogP contribution in [0.5, 0.6) is 0 Å². The summed E-state index contributed by atoms with van der Waals surface area (Å²) in [4.78, 5) is 72.1. The van der Waals surface area contributed by atoms with E-state index >= 15 is 0 Å². The Morgan fingerprint density at radius 3 is 2.11 bits per heavy atom. The molecule has 284 valence electrons. The number of ether oxygens (including phenoxy) is 1. The summed E-state index contributed by atoms with van der Waals surface area (Å²) in [6.07, 6.45) is 12.7. The Hall–Kier alpha value is -6.14. The van der Waals surface area contributed by atoms with Gasteiger partial charge in [0.2, 0.25) is 0 Å². The number of aryl methyl sites for hydroxylation is 1. The predicted molar refractivity (Wildman–Crippen MR) is 212 cm³/mol. The standard InChI is InChI=1S/C22H22ClN3O4.C20H21N3O2/c1-15(20(27)30-2)13-26-21(28)24-19(12-16-6-4-3-5-7-16)25(22(26)29)14-17-8-10-18(23)11-9-17;1-2-15-9-11-17(12-10-15)14-23-18(21-19(24)22-20(23)25)13-16-7-5-3-4-6-8-16/h3-11,15H,12-14H2,1-2H3;3,5-12H,2,4,13-14H2,1H3,(H,22,24,25). The lowest BCUT2D eigenvalue weighted by Gasteiger charge is -2.16. The van der Waals surface area contributed by atoms with Gasteiger partial charge in [0.25, 0.3) is 0 Å². The van der Waals surface area contributed by atoms with Gasteiger partial charge in [0.15, 0.2) is 0 Å². The molecule has 0 saturated carbocycles. The molecule has 0 radical (unpaired) electrons. The normalized spacial score (nSPS) is 12.6. The van der Waals surface area contributed by atoms with Crippen molar-refractivity contribution in [2.24, 2.45) is 5.92 Å². The number of H-pyrrole nitrogens is 1. The summed E-state index contributed by atoms with van der Waals surface area (Å²) in [6, 6.07) is 24.7. The number of benzene rings is 3. The molecule has 55 heavy (non-hydrogen) atoms. The topological polar surface area (TPSA) is 151 Å². The van der Waals surface area contributed by atoms with Gasteiger partial charge < -0.3 is 4.74 Å². The van der Waals surface area contributed by atoms with Crippen LogP contribution in [-0.2, 0) is 48.4 Å². The Bertz CT molecular complexity index is 2430. The van der Waals surface area contributed by atoms with Gasteiger partial charge in [-0.2, -0.15) is 9.97 Å². The van der Waals surface area contributed by atoms with Gasteiger partial charge in [0, 0.05) is 24.4 Å². The highest BCUT2D eigenvalue weighted by Gasteiger charge is 2.20. The summed E-state index contributed by atoms with van der Waals surface area (Å²) in [5.74, 6) is -0.335. The number of rotatable bonds is 12. The number of nitrogens with zero attached hydrogens (tertiary/aromatic N) is 5. The van der Waals surface area contributed by atoms with Gasteiger partial charge in [-0.3, -0.25) is 18.9 Å². The highest BCUT2D eigenvalue weighted by molar-refractivity contribution is 6.30. The molecule has 1 atom stereocenters. The van der Waals surface area contributed by atoms with Crippen molar-refractivity contribution >= 4 is 17.6 Å². The zero-order valence-electron chi connectivity index (χ0n) is 31.0. The SMILES string of the molecule is CCc1ccc(Cn2c(CC3=CC=CCC=C3)nc(=O)[nH]c2=O)cc1.COC(=O)C(C)Cn1c(=O)nc(Cc2ccccc2)n(Cc2ccc(Cl)cc2)c1=O. The molecule has 1 aliphatic rings. The second-order valence-electron chi connectivity index (χ2n) is 13.0. The molecule has 2 aromatic heterocycles. The first-order valence-electron chi connectivity index (χ1n) is 17.9. The van der Waals surface area contributed by atoms with Crippen molar-refractivity contribution < 1.29 is 9.53 Å². The molecule has 0 bridgehead atoms. The number of allylic oxidation sites excluding steroid dienone is 6. The Balaban J connectivity index is 0.000000214. The highest BCUT2D eigenvalue weighted by Crippen LogP contribution is 2.14. The highest BCUT2D eigenvalue weighted by atomic mass is 35.5. The third-order valence-electron chi connectivity index (χ3n) is 8.93. The molecular formula is C42H43ClN6O6. The number of halogens is 1. The molecule has 1 aliphatic carbocycles. The summed E-state index contributed by atoms with van der Waals surface area (Å²) < 4.78 is 8.68. The van der Waals surface area contributed by atoms with Gasteiger partial charge in [-0.15, -0.1) is 0 Å². The minimum Gasteiger partial charge on any atom is -0.469 e. The van der Waals surface area contributed by atoms with Crippen LogP contribution >= 0.6 is 11.6 Å². The van der Waals surface area contributed by atoms with Crippen molar-refractivity contribution in [1.29, 1.82) is 0 Å². The maximum atomic E-state index is 13.2. The zero-order valence-corrected chi connectivity index (χ0v) is 31.7. The van der Waals surface area contributed by atoms with Crippen LogP contribution in [0.4, 0.5) is 0 Å². The number of methoxy groups -OCH3 is 1. The first-order chi connectivity index (χ1) is 26.5. The van der Waals surface area contributed by atoms with E-state index < -0.39 is 34.6 Å². The number of aromatic amines is 1. The molecule has 0 fully saturated rings. The summed E-state index contributed by atoms with van der Waals surface area (Å²) in [7, 11) is 1.27. The molecule has 0 amide bonds. The summed E-state index contributed by atoms with van der Waals surface area (Å²) >= 11 is 5.96. The number of hydrogen-bond donors (Lipinski definition) is 1. The van der Waals surface area contributed by atoms with E-state index in [1.54, 1.807) is 19.1 Å². The Morgan fingerprint density at radius 2 is 1.44 bits per heavy atom. The molecule has 0 saturated heterocycles. The molecule has 13 heteroatoms. The average Bonchev–Trinajstić information content (AvgIpc) is 3.46. The fraction of sp³-hybridized carbons (Fsp3) is 0.262. The van der Waals surface area contributed by atoms with E-state index in [1.165, 1.54) is 21.8 Å². The predicted octanol–water partition coefficient (Wildman–Crippen LogP) is 5.03. The Morgan fingerprint density at radius 1 is 0.800 bits per heavy atom. The van der Waals surface area contributed by atoms with E-state index in [0.717, 1.165) is 39.7 Å². The number of aromatic nitrogens is 6. The smallest absolute Gasteiger partial charge is 0.353 e. The zero-order chi connectivity index (χ0) is 39.3. The Labute approximate surface area is 322 Å². The minimum absolute atomic E-state index is 0.108. The van der Waals surface area contributed by atoms with Gasteiger partial charge in [-0.05, 0) is 52.8 Å². The van der Waals surface area contributed by atoms with Gasteiger partial charge in [-0.25, -0.2) is 23.7 Å². The molecular weight excluding hydrogens is 720 g/mol. The van der Waals surface area contributed by atoms with Crippen molar-refractivity contribution in [3.05, 3.63) is 196 Å². The van der Waals surface area contributed by atoms with Crippen LogP contribution in [0.1, 0.15) is 54.2 Å². The third-order valence-corrected chi connectivity index (χ3v) is 9.19. The molecule has 1 N–H and O–H groups in total. The monoisotopic (exact) mass is 762 g/mol. The molecule has 6 rings (SSSR count). The van der Waals surface area contributed by atoms with E-state index in [2.05, 4.69) is 46.2 Å². The van der Waals surface area contributed by atoms with Crippen LogP contribution in [0.15, 0.2) is 134 Å². The summed E-state index contributed by atoms with van der Waals surface area (Å²) in [5, 5.41) is 0.589. The fourth-order valence-corrected chi connectivity index (χ4v) is 6.01. The number of esters is 1. The lowest BCUT2D eigenvalue weighted by atomic mass is 10.1. The maximum absolute atomic E-state index is 13.2. The number of nitrogens with one attached hydrogen (secondary N) is 1. The molecule has 5 aromatic rings. The van der Waals surface area contributed by atoms with Crippen molar-refractivity contribution in [2.75, 3.05) is 7.11 Å². The number of carbonyl (C=O) groups is 1. The minimum atomic E-state index is -0.686. The summed E-state index contributed by atoms with van der Waals surface area (Å²) in [5.41, 5.74) is 2.78. The average molecular weight is 763 g/mol. The van der Waals surface area contributed by atoms with E-state index in [4.69, 9.17) is 16.3 Å². The Kier molecular flexibility index (Phi) is 14.0. The van der Waals surface area contributed by atoms with E-state index in [0.29, 0.717) is 36.1 Å². The van der Waals surface area contributed by atoms with Crippen LogP contribution in [-0.4, -0.2) is 41.7 Å². The van der Waals surface area contributed by atoms with Crippen molar-refractivity contribution in [3.8, 4) is 0 Å². The molecule has 0 spiro atoms. The van der Waals surface area contributed by atoms with Crippen LogP contribution in [0.3, 0.4) is 0 Å². The van der Waals surface area contributed by atoms with Gasteiger partial charge in [0.05, 0.1) is 26.1 Å². The molecule has 1 unspecified atom stereocenters. The third kappa shape index (κ3) is 11.2. The lowest BCUT2D eigenvalue weighted by molar-refractivity contribution is -0.145. The van der Waals surface area contributed by atoms with Gasteiger partial charge in [-0.1, -0.05) is 123 Å². The van der Waals surface area contributed by atoms with Crippen molar-refractivity contribution in [1.82, 2.24) is 28.7 Å². The molecule has 2 heterocycles. The molecule has 3 aromatic carbocycles. The second-order valence-corrected chi connectivity index (χ2v) is 13.4. The van der Waals surface area contributed by atoms with Crippen LogP contribution in [0, 0.1) is 5.92 Å². The van der Waals surface area contributed by atoms with Crippen LogP contribution in [0.25, 0.3) is 0 Å². The first kappa shape index (κ1) is 40.1. The molecule has 0 aliphatic heterocycles. The maximum Gasteiger partial charge on any atom is 0.353 e. The van der Waals surface area contributed by atoms with E-state index in [9.17, 15) is 24.0 Å². The number of carbonyl (C=O) groups excluding carboxylic acids is 1. The number of hydrogen-bond acceptors (Lipinski definition) is 8. The van der Waals surface area contributed by atoms with Gasteiger partial charge >= 0.3 is 28.7 Å². The van der Waals surface area contributed by atoms with Crippen molar-refractivity contribution in [3.63, 3.8) is 0 Å². The first-order valence-corrected chi connectivity index (χ1v) is 18.3. The second kappa shape index (κ2) is 19.3. The summed E-state index contributed by atoms with van der Waals surface area (Å²) in [6.45, 7) is 4.20. The quantitative estimate of drug-likeness (QED) is 0.174. The van der Waals surface area contributed by atoms with Gasteiger partial charge in [0.1, 0.15) is 11.6 Å². The van der Waals surface area contributed by atoms with E-state index in [-0.39, 0.29) is 13.1 Å². The largest absolute Gasteiger partial charge is 0.469 e. The fourth-order valence-electron chi connectivity index (χ4n) is 5.89. The molecule has 12 nitrogen and oxygen atoms in total. The van der Waals surface area contributed by atoms with Crippen LogP contribution in [0.2, 0.25) is 5.02 Å². The van der Waals surface area contributed by atoms with Crippen LogP contribution < -0.4 is 22.8 Å².